The van der Waals surface area contributed by atoms with Gasteiger partial charge < -0.3 is 10.5 Å². The molecule has 1 aliphatic rings. The highest BCUT2D eigenvalue weighted by Crippen LogP contribution is 2.24. The maximum Gasteiger partial charge on any atom is 0.0595 e. The molecule has 3 heteroatoms. The molecule has 1 heterocycles. The zero-order valence-corrected chi connectivity index (χ0v) is 12.8. The van der Waals surface area contributed by atoms with E-state index >= 15 is 0 Å². The van der Waals surface area contributed by atoms with E-state index in [9.17, 15) is 0 Å². The monoisotopic (exact) mass is 276 g/mol. The van der Waals surface area contributed by atoms with Gasteiger partial charge in [-0.3, -0.25) is 4.90 Å². The Morgan fingerprint density at radius 3 is 2.45 bits per heavy atom. The lowest BCUT2D eigenvalue weighted by Gasteiger charge is -2.37. The molecule has 0 aromatic heterocycles. The molecule has 2 atom stereocenters. The molecule has 0 aliphatic carbocycles. The van der Waals surface area contributed by atoms with E-state index in [4.69, 9.17) is 10.5 Å². The summed E-state index contributed by atoms with van der Waals surface area (Å²) in [4.78, 5) is 2.55. The van der Waals surface area contributed by atoms with Gasteiger partial charge in [-0.1, -0.05) is 37.3 Å². The van der Waals surface area contributed by atoms with E-state index in [1.54, 1.807) is 0 Å². The summed E-state index contributed by atoms with van der Waals surface area (Å²) in [7, 11) is 1.82. The molecule has 1 aromatic carbocycles. The summed E-state index contributed by atoms with van der Waals surface area (Å²) in [5.41, 5.74) is 7.44. The number of likely N-dealkylation sites (tertiary alicyclic amines) is 1. The summed E-state index contributed by atoms with van der Waals surface area (Å²) in [6.45, 7) is 5.28. The van der Waals surface area contributed by atoms with Crippen molar-refractivity contribution in [3.8, 4) is 0 Å². The fourth-order valence-corrected chi connectivity index (χ4v) is 3.20. The van der Waals surface area contributed by atoms with Crippen LogP contribution in [0.2, 0.25) is 0 Å². The summed E-state index contributed by atoms with van der Waals surface area (Å²) in [6.07, 6.45) is 3.84. The van der Waals surface area contributed by atoms with Crippen molar-refractivity contribution in [1.29, 1.82) is 0 Å². The van der Waals surface area contributed by atoms with Gasteiger partial charge in [-0.15, -0.1) is 0 Å². The topological polar surface area (TPSA) is 38.5 Å². The second-order valence-electron chi connectivity index (χ2n) is 5.91. The van der Waals surface area contributed by atoms with Crippen LogP contribution in [0.4, 0.5) is 0 Å². The lowest BCUT2D eigenvalue weighted by atomic mass is 9.92. The van der Waals surface area contributed by atoms with E-state index in [1.807, 2.05) is 7.11 Å². The van der Waals surface area contributed by atoms with Gasteiger partial charge in [0.05, 0.1) is 6.10 Å². The Kier molecular flexibility index (Phi) is 6.02. The fraction of sp³-hybridized carbons (Fsp3) is 0.647. The van der Waals surface area contributed by atoms with E-state index in [0.29, 0.717) is 18.1 Å². The molecule has 0 bridgehead atoms. The minimum absolute atomic E-state index is 0.441. The number of ether oxygens (including phenoxy) is 1. The minimum Gasteiger partial charge on any atom is -0.381 e. The van der Waals surface area contributed by atoms with Crippen LogP contribution in [-0.4, -0.2) is 43.8 Å². The van der Waals surface area contributed by atoms with Gasteiger partial charge in [-0.25, -0.2) is 0 Å². The molecule has 3 nitrogen and oxygen atoms in total. The van der Waals surface area contributed by atoms with Crippen LogP contribution >= 0.6 is 0 Å². The second-order valence-corrected chi connectivity index (χ2v) is 5.91. The van der Waals surface area contributed by atoms with Crippen LogP contribution in [0.3, 0.4) is 0 Å². The lowest BCUT2D eigenvalue weighted by molar-refractivity contribution is 0.0263. The second kappa shape index (κ2) is 7.77. The van der Waals surface area contributed by atoms with E-state index in [-0.39, 0.29) is 0 Å². The van der Waals surface area contributed by atoms with Crippen molar-refractivity contribution in [1.82, 2.24) is 4.90 Å². The van der Waals surface area contributed by atoms with Crippen LogP contribution in [0.1, 0.15) is 37.7 Å². The maximum atomic E-state index is 6.02. The number of piperidine rings is 1. The van der Waals surface area contributed by atoms with E-state index in [0.717, 1.165) is 38.9 Å². The fourth-order valence-electron chi connectivity index (χ4n) is 3.20. The highest BCUT2D eigenvalue weighted by molar-refractivity contribution is 5.19. The Bertz CT molecular complexity index is 374. The number of hydrogen-bond acceptors (Lipinski definition) is 3. The molecule has 112 valence electrons. The third-order valence-electron chi connectivity index (χ3n) is 4.59. The summed E-state index contributed by atoms with van der Waals surface area (Å²) in [5.74, 6) is 0.560. The number of hydrogen-bond donors (Lipinski definition) is 1. The summed E-state index contributed by atoms with van der Waals surface area (Å²) >= 11 is 0. The average molecular weight is 276 g/mol. The molecule has 0 saturated carbocycles. The summed E-state index contributed by atoms with van der Waals surface area (Å²) in [6, 6.07) is 11.2. The van der Waals surface area contributed by atoms with E-state index < -0.39 is 0 Å². The predicted octanol–water partition coefficient (Wildman–Crippen LogP) is 2.62. The molecule has 1 aliphatic heterocycles. The Morgan fingerprint density at radius 2 is 1.90 bits per heavy atom. The maximum absolute atomic E-state index is 6.02. The van der Waals surface area contributed by atoms with Gasteiger partial charge in [0.25, 0.3) is 0 Å². The highest BCUT2D eigenvalue weighted by Gasteiger charge is 2.25. The van der Waals surface area contributed by atoms with Crippen LogP contribution in [0.5, 0.6) is 0 Å². The first-order valence-electron chi connectivity index (χ1n) is 7.76. The van der Waals surface area contributed by atoms with Gasteiger partial charge in [0.2, 0.25) is 0 Å². The Balaban J connectivity index is 1.89. The molecular weight excluding hydrogens is 248 g/mol. The molecule has 1 saturated heterocycles. The zero-order chi connectivity index (χ0) is 14.4. The van der Waals surface area contributed by atoms with Crippen LogP contribution in [0.25, 0.3) is 0 Å². The zero-order valence-electron chi connectivity index (χ0n) is 12.8. The molecule has 1 aromatic rings. The first-order chi connectivity index (χ1) is 9.74. The molecule has 2 unspecified atom stereocenters. The third-order valence-corrected chi connectivity index (χ3v) is 4.59. The average Bonchev–Trinajstić information content (AvgIpc) is 2.53. The molecule has 2 N–H and O–H groups in total. The van der Waals surface area contributed by atoms with Crippen LogP contribution in [0.15, 0.2) is 30.3 Å². The van der Waals surface area contributed by atoms with Crippen molar-refractivity contribution in [2.24, 2.45) is 5.73 Å². The Hall–Kier alpha value is -0.900. The normalized spacial score (nSPS) is 20.8. The van der Waals surface area contributed by atoms with Crippen molar-refractivity contribution in [3.63, 3.8) is 0 Å². The number of rotatable bonds is 6. The third kappa shape index (κ3) is 4.05. The van der Waals surface area contributed by atoms with Gasteiger partial charge in [0.15, 0.2) is 0 Å². The Morgan fingerprint density at radius 1 is 1.25 bits per heavy atom. The molecule has 2 rings (SSSR count). The molecule has 0 spiro atoms. The lowest BCUT2D eigenvalue weighted by Crippen LogP contribution is -2.47. The van der Waals surface area contributed by atoms with Crippen LogP contribution in [-0.2, 0) is 4.74 Å². The van der Waals surface area contributed by atoms with Crippen molar-refractivity contribution in [3.05, 3.63) is 35.9 Å². The number of nitrogens with two attached hydrogens (primary N) is 1. The van der Waals surface area contributed by atoms with Gasteiger partial charge >= 0.3 is 0 Å². The SMILES string of the molecule is COC1CCN(C(CN)CC(C)c2ccccc2)CC1. The van der Waals surface area contributed by atoms with E-state index in [2.05, 4.69) is 42.2 Å². The summed E-state index contributed by atoms with van der Waals surface area (Å²) in [5, 5.41) is 0. The molecular formula is C17H28N2O. The van der Waals surface area contributed by atoms with Crippen LogP contribution < -0.4 is 5.73 Å². The van der Waals surface area contributed by atoms with Gasteiger partial charge in [0.1, 0.15) is 0 Å². The first kappa shape index (κ1) is 15.5. The quantitative estimate of drug-likeness (QED) is 0.868. The minimum atomic E-state index is 0.441. The highest BCUT2D eigenvalue weighted by atomic mass is 16.5. The molecule has 0 radical (unpaired) electrons. The predicted molar refractivity (Wildman–Crippen MR) is 83.9 cm³/mol. The smallest absolute Gasteiger partial charge is 0.0595 e. The van der Waals surface area contributed by atoms with Gasteiger partial charge in [-0.05, 0) is 30.7 Å². The van der Waals surface area contributed by atoms with Crippen molar-refractivity contribution < 1.29 is 4.74 Å². The molecule has 1 fully saturated rings. The van der Waals surface area contributed by atoms with E-state index in [1.165, 1.54) is 5.56 Å². The van der Waals surface area contributed by atoms with Crippen molar-refractivity contribution in [2.45, 2.75) is 44.2 Å². The van der Waals surface area contributed by atoms with Gasteiger partial charge in [0, 0.05) is 32.8 Å². The largest absolute Gasteiger partial charge is 0.381 e. The number of benzene rings is 1. The van der Waals surface area contributed by atoms with Crippen LogP contribution in [0, 0.1) is 0 Å². The number of nitrogens with zero attached hydrogens (tertiary/aromatic N) is 1. The van der Waals surface area contributed by atoms with Crippen molar-refractivity contribution >= 4 is 0 Å². The number of methoxy groups -OCH3 is 1. The molecule has 20 heavy (non-hydrogen) atoms. The van der Waals surface area contributed by atoms with Gasteiger partial charge in [-0.2, -0.15) is 0 Å². The van der Waals surface area contributed by atoms with Crippen molar-refractivity contribution in [2.75, 3.05) is 26.7 Å². The first-order valence-corrected chi connectivity index (χ1v) is 7.76. The molecule has 0 amide bonds. The standard InChI is InChI=1S/C17H28N2O/c1-14(15-6-4-3-5-7-15)12-16(13-18)19-10-8-17(20-2)9-11-19/h3-7,14,16-17H,8-13,18H2,1-2H3. The summed E-state index contributed by atoms with van der Waals surface area (Å²) < 4.78 is 5.45. The Labute approximate surface area is 123 Å².